The minimum absolute atomic E-state index is 0.0626. The Bertz CT molecular complexity index is 1600. The molecule has 4 aromatic carbocycles. The first-order valence-corrected chi connectivity index (χ1v) is 13.4. The van der Waals surface area contributed by atoms with Gasteiger partial charge in [-0.15, -0.1) is 0 Å². The average Bonchev–Trinajstić information content (AvgIpc) is 2.94. The van der Waals surface area contributed by atoms with Crippen LogP contribution in [0.2, 0.25) is 0 Å². The first-order chi connectivity index (χ1) is 18.3. The van der Waals surface area contributed by atoms with Gasteiger partial charge in [-0.25, -0.2) is 12.7 Å². The van der Waals surface area contributed by atoms with Gasteiger partial charge in [-0.2, -0.15) is 0 Å². The van der Waals surface area contributed by atoms with E-state index in [0.717, 1.165) is 16.8 Å². The van der Waals surface area contributed by atoms with Gasteiger partial charge in [-0.3, -0.25) is 10.1 Å². The van der Waals surface area contributed by atoms with E-state index in [0.29, 0.717) is 11.4 Å². The van der Waals surface area contributed by atoms with Gasteiger partial charge in [0.15, 0.2) is 0 Å². The molecule has 0 fully saturated rings. The number of hydrogen-bond donors (Lipinski definition) is 0. The van der Waals surface area contributed by atoms with Crippen LogP contribution in [0.25, 0.3) is 6.08 Å². The predicted molar refractivity (Wildman–Crippen MR) is 149 cm³/mol. The molecule has 0 aliphatic carbocycles. The van der Waals surface area contributed by atoms with E-state index in [9.17, 15) is 18.5 Å². The molecule has 0 radical (unpaired) electrons. The van der Waals surface area contributed by atoms with Crippen molar-refractivity contribution in [2.45, 2.75) is 17.9 Å². The molecule has 1 heterocycles. The summed E-state index contributed by atoms with van der Waals surface area (Å²) >= 11 is 0. The van der Waals surface area contributed by atoms with Crippen LogP contribution in [0.4, 0.5) is 11.4 Å². The van der Waals surface area contributed by atoms with Crippen LogP contribution in [0, 0.1) is 17.0 Å². The third-order valence-electron chi connectivity index (χ3n) is 6.30. The maximum Gasteiger partial charge on any atom is 0.269 e. The normalized spacial score (nSPS) is 16.6. The third kappa shape index (κ3) is 4.94. The van der Waals surface area contributed by atoms with Crippen molar-refractivity contribution in [3.63, 3.8) is 0 Å². The Morgan fingerprint density at radius 1 is 0.816 bits per heavy atom. The molecule has 1 atom stereocenters. The lowest BCUT2D eigenvalue weighted by molar-refractivity contribution is -0.384. The summed E-state index contributed by atoms with van der Waals surface area (Å²) < 4.78 is 30.1. The minimum atomic E-state index is -4.07. The Hall–Kier alpha value is -4.69. The van der Waals surface area contributed by atoms with Crippen LogP contribution in [-0.2, 0) is 10.0 Å². The molecule has 190 valence electrons. The van der Waals surface area contributed by atoms with Gasteiger partial charge >= 0.3 is 0 Å². The molecule has 1 unspecified atom stereocenters. The number of aryl methyl sites for hydroxylation is 1. The standard InChI is InChI=1S/C30H25N3O4S/c1-23-12-18-28(19-13-23)38(36,37)32-29(25-14-16-27(17-15-25)33(34)35)20-21-31(26-10-6-3-7-11-26)30(32)22-24-8-4-2-5-9-24/h2-22,29H,1H3/b30-22+. The van der Waals surface area contributed by atoms with Crippen molar-refractivity contribution in [2.24, 2.45) is 0 Å². The van der Waals surface area contributed by atoms with Gasteiger partial charge in [0.2, 0.25) is 0 Å². The number of hydrogen-bond acceptors (Lipinski definition) is 5. The zero-order chi connectivity index (χ0) is 26.7. The summed E-state index contributed by atoms with van der Waals surface area (Å²) in [6.07, 6.45) is 5.47. The molecular formula is C30H25N3O4S. The first kappa shape index (κ1) is 25.0. The predicted octanol–water partition coefficient (Wildman–Crippen LogP) is 6.67. The van der Waals surface area contributed by atoms with E-state index in [1.807, 2.05) is 84.8 Å². The van der Waals surface area contributed by atoms with Crippen LogP contribution in [0.1, 0.15) is 22.7 Å². The summed E-state index contributed by atoms with van der Waals surface area (Å²) in [4.78, 5) is 12.8. The lowest BCUT2D eigenvalue weighted by Gasteiger charge is -2.41. The lowest BCUT2D eigenvalue weighted by atomic mass is 10.0. The van der Waals surface area contributed by atoms with Crippen molar-refractivity contribution in [3.8, 4) is 0 Å². The molecule has 1 aliphatic heterocycles. The number of anilines is 1. The largest absolute Gasteiger partial charge is 0.303 e. The average molecular weight is 524 g/mol. The van der Waals surface area contributed by atoms with Crippen LogP contribution >= 0.6 is 0 Å². The molecular weight excluding hydrogens is 498 g/mol. The summed E-state index contributed by atoms with van der Waals surface area (Å²) in [5.41, 5.74) is 3.10. The fourth-order valence-electron chi connectivity index (χ4n) is 4.35. The van der Waals surface area contributed by atoms with Gasteiger partial charge in [0.25, 0.3) is 15.7 Å². The number of nitrogens with zero attached hydrogens (tertiary/aromatic N) is 3. The van der Waals surface area contributed by atoms with Crippen molar-refractivity contribution in [1.29, 1.82) is 0 Å². The number of benzene rings is 4. The molecule has 0 saturated carbocycles. The molecule has 4 aromatic rings. The van der Waals surface area contributed by atoms with Gasteiger partial charge in [0.05, 0.1) is 15.9 Å². The summed E-state index contributed by atoms with van der Waals surface area (Å²) in [5, 5.41) is 11.2. The van der Waals surface area contributed by atoms with Crippen molar-refractivity contribution < 1.29 is 13.3 Å². The molecule has 0 aromatic heterocycles. The summed E-state index contributed by atoms with van der Waals surface area (Å²) in [6.45, 7) is 1.90. The molecule has 1 aliphatic rings. The van der Waals surface area contributed by atoms with Gasteiger partial charge in [0, 0.05) is 24.0 Å². The van der Waals surface area contributed by atoms with Crippen LogP contribution in [-0.4, -0.2) is 17.6 Å². The highest BCUT2D eigenvalue weighted by atomic mass is 32.2. The van der Waals surface area contributed by atoms with E-state index in [4.69, 9.17) is 0 Å². The zero-order valence-electron chi connectivity index (χ0n) is 20.6. The SMILES string of the molecule is Cc1ccc(S(=O)(=O)N2/C(=C/c3ccccc3)N(c3ccccc3)C=CC2c2ccc([N+](=O)[O-])cc2)cc1. The van der Waals surface area contributed by atoms with Crippen molar-refractivity contribution >= 4 is 27.5 Å². The molecule has 5 rings (SSSR count). The second-order valence-corrected chi connectivity index (χ2v) is 10.7. The number of rotatable bonds is 6. The Kier molecular flexibility index (Phi) is 6.81. The highest BCUT2D eigenvalue weighted by molar-refractivity contribution is 7.89. The highest BCUT2D eigenvalue weighted by Gasteiger charge is 2.38. The highest BCUT2D eigenvalue weighted by Crippen LogP contribution is 2.40. The Balaban J connectivity index is 1.75. The van der Waals surface area contributed by atoms with E-state index in [-0.39, 0.29) is 10.6 Å². The molecule has 0 bridgehead atoms. The molecule has 0 N–H and O–H groups in total. The summed E-state index contributed by atoms with van der Waals surface area (Å²) in [7, 11) is -4.07. The van der Waals surface area contributed by atoms with Crippen LogP contribution in [0.3, 0.4) is 0 Å². The topological polar surface area (TPSA) is 83.8 Å². The smallest absolute Gasteiger partial charge is 0.269 e. The van der Waals surface area contributed by atoms with Gasteiger partial charge < -0.3 is 4.90 Å². The van der Waals surface area contributed by atoms with E-state index in [1.165, 1.54) is 16.4 Å². The zero-order valence-corrected chi connectivity index (χ0v) is 21.4. The van der Waals surface area contributed by atoms with Gasteiger partial charge in [-0.1, -0.05) is 66.2 Å². The maximum atomic E-state index is 14.4. The van der Waals surface area contributed by atoms with E-state index >= 15 is 0 Å². The van der Waals surface area contributed by atoms with Crippen molar-refractivity contribution in [1.82, 2.24) is 4.31 Å². The third-order valence-corrected chi connectivity index (χ3v) is 8.10. The van der Waals surface area contributed by atoms with Crippen molar-refractivity contribution in [2.75, 3.05) is 4.90 Å². The molecule has 0 amide bonds. The van der Waals surface area contributed by atoms with Gasteiger partial charge in [0.1, 0.15) is 5.82 Å². The van der Waals surface area contributed by atoms with Crippen molar-refractivity contribution in [3.05, 3.63) is 154 Å². The lowest BCUT2D eigenvalue weighted by Crippen LogP contribution is -2.42. The van der Waals surface area contributed by atoms with Gasteiger partial charge in [-0.05, 0) is 66.6 Å². The summed E-state index contributed by atoms with van der Waals surface area (Å²) in [5.74, 6) is 0.425. The fourth-order valence-corrected chi connectivity index (χ4v) is 5.93. The number of nitro groups is 1. The monoisotopic (exact) mass is 523 g/mol. The van der Waals surface area contributed by atoms with Crippen LogP contribution < -0.4 is 4.90 Å². The van der Waals surface area contributed by atoms with E-state index < -0.39 is 21.0 Å². The fraction of sp³-hybridized carbons (Fsp3) is 0.0667. The molecule has 0 saturated heterocycles. The molecule has 0 spiro atoms. The Morgan fingerprint density at radius 2 is 1.42 bits per heavy atom. The molecule has 8 heteroatoms. The second kappa shape index (κ2) is 10.4. The minimum Gasteiger partial charge on any atom is -0.303 e. The first-order valence-electron chi connectivity index (χ1n) is 12.0. The quantitative estimate of drug-likeness (QED) is 0.208. The molecule has 38 heavy (non-hydrogen) atoms. The second-order valence-electron chi connectivity index (χ2n) is 8.87. The van der Waals surface area contributed by atoms with Crippen LogP contribution in [0.5, 0.6) is 0 Å². The number of sulfonamides is 1. The number of para-hydroxylation sites is 1. The Labute approximate surface area is 221 Å². The van der Waals surface area contributed by atoms with E-state index in [2.05, 4.69) is 0 Å². The number of nitro benzene ring substituents is 1. The molecule has 7 nitrogen and oxygen atoms in total. The van der Waals surface area contributed by atoms with E-state index in [1.54, 1.807) is 42.5 Å². The summed E-state index contributed by atoms with van der Waals surface area (Å²) in [6, 6.07) is 31.0. The Morgan fingerprint density at radius 3 is 2.03 bits per heavy atom. The maximum absolute atomic E-state index is 14.4. The number of non-ortho nitro benzene ring substituents is 1. The van der Waals surface area contributed by atoms with Crippen LogP contribution in [0.15, 0.2) is 132 Å².